The SMILES string of the molecule is CSc1ncccc1C(=O)OCC(=O)N1CCNC1=O. The highest BCUT2D eigenvalue weighted by Crippen LogP contribution is 2.17. The molecule has 0 bridgehead atoms. The van der Waals surface area contributed by atoms with E-state index >= 15 is 0 Å². The zero-order chi connectivity index (χ0) is 14.5. The molecule has 1 fully saturated rings. The summed E-state index contributed by atoms with van der Waals surface area (Å²) in [6.45, 7) is 0.241. The maximum Gasteiger partial charge on any atom is 0.341 e. The lowest BCUT2D eigenvalue weighted by Gasteiger charge is -2.12. The van der Waals surface area contributed by atoms with E-state index in [2.05, 4.69) is 10.3 Å². The largest absolute Gasteiger partial charge is 0.452 e. The van der Waals surface area contributed by atoms with Crippen molar-refractivity contribution in [2.75, 3.05) is 26.0 Å². The lowest BCUT2D eigenvalue weighted by Crippen LogP contribution is -2.37. The first-order valence-corrected chi connectivity index (χ1v) is 7.10. The Morgan fingerprint density at radius 2 is 2.35 bits per heavy atom. The molecule has 0 radical (unpaired) electrons. The maximum absolute atomic E-state index is 11.9. The molecular formula is C12H13N3O4S. The van der Waals surface area contributed by atoms with E-state index in [-0.39, 0.29) is 6.54 Å². The smallest absolute Gasteiger partial charge is 0.341 e. The number of nitrogens with one attached hydrogen (secondary N) is 1. The van der Waals surface area contributed by atoms with Gasteiger partial charge in [0.25, 0.3) is 5.91 Å². The van der Waals surface area contributed by atoms with Gasteiger partial charge < -0.3 is 10.1 Å². The van der Waals surface area contributed by atoms with Crippen LogP contribution in [-0.2, 0) is 9.53 Å². The van der Waals surface area contributed by atoms with Crippen molar-refractivity contribution in [2.24, 2.45) is 0 Å². The predicted molar refractivity (Wildman–Crippen MR) is 71.4 cm³/mol. The Balaban J connectivity index is 1.95. The van der Waals surface area contributed by atoms with Gasteiger partial charge in [0, 0.05) is 19.3 Å². The minimum atomic E-state index is -0.629. The van der Waals surface area contributed by atoms with Gasteiger partial charge in [0.15, 0.2) is 6.61 Å². The molecule has 1 aromatic rings. The van der Waals surface area contributed by atoms with Gasteiger partial charge in [-0.1, -0.05) is 0 Å². The van der Waals surface area contributed by atoms with Crippen LogP contribution in [0.5, 0.6) is 0 Å². The Morgan fingerprint density at radius 3 is 3.00 bits per heavy atom. The summed E-state index contributed by atoms with van der Waals surface area (Å²) in [5.41, 5.74) is 0.304. The van der Waals surface area contributed by atoms with Crippen LogP contribution in [0.3, 0.4) is 0 Å². The molecule has 2 heterocycles. The van der Waals surface area contributed by atoms with Gasteiger partial charge in [-0.15, -0.1) is 11.8 Å². The molecular weight excluding hydrogens is 282 g/mol. The molecule has 2 rings (SSSR count). The van der Waals surface area contributed by atoms with Crippen molar-refractivity contribution in [1.82, 2.24) is 15.2 Å². The Labute approximate surface area is 119 Å². The lowest BCUT2D eigenvalue weighted by atomic mass is 10.3. The van der Waals surface area contributed by atoms with E-state index in [0.29, 0.717) is 17.1 Å². The summed E-state index contributed by atoms with van der Waals surface area (Å²) in [6, 6.07) is 2.73. The van der Waals surface area contributed by atoms with Crippen molar-refractivity contribution in [3.8, 4) is 0 Å². The summed E-state index contributed by atoms with van der Waals surface area (Å²) >= 11 is 1.31. The van der Waals surface area contributed by atoms with Gasteiger partial charge in [0.05, 0.1) is 5.56 Å². The van der Waals surface area contributed by atoms with Gasteiger partial charge in [-0.3, -0.25) is 9.69 Å². The van der Waals surface area contributed by atoms with Crippen LogP contribution in [0.4, 0.5) is 4.79 Å². The first kappa shape index (κ1) is 14.3. The van der Waals surface area contributed by atoms with Crippen molar-refractivity contribution >= 4 is 29.7 Å². The highest BCUT2D eigenvalue weighted by Gasteiger charge is 2.27. The standard InChI is InChI=1S/C12H13N3O4S/c1-20-10-8(3-2-4-13-10)11(17)19-7-9(16)15-6-5-14-12(15)18/h2-4H,5-7H2,1H3,(H,14,18). The van der Waals surface area contributed by atoms with E-state index in [1.54, 1.807) is 24.6 Å². The first-order chi connectivity index (χ1) is 9.63. The quantitative estimate of drug-likeness (QED) is 0.643. The molecule has 0 atom stereocenters. The molecule has 0 saturated carbocycles. The molecule has 0 unspecified atom stereocenters. The second-order valence-corrected chi connectivity index (χ2v) is 4.71. The van der Waals surface area contributed by atoms with Crippen LogP contribution >= 0.6 is 11.8 Å². The summed E-state index contributed by atoms with van der Waals surface area (Å²) in [4.78, 5) is 39.9. The van der Waals surface area contributed by atoms with Gasteiger partial charge in [-0.05, 0) is 18.4 Å². The second kappa shape index (κ2) is 6.38. The van der Waals surface area contributed by atoms with Crippen LogP contribution < -0.4 is 5.32 Å². The number of amides is 3. The fourth-order valence-corrected chi connectivity index (χ4v) is 2.24. The molecule has 1 aromatic heterocycles. The topological polar surface area (TPSA) is 88.6 Å². The number of carbonyl (C=O) groups excluding carboxylic acids is 3. The van der Waals surface area contributed by atoms with Gasteiger partial charge >= 0.3 is 12.0 Å². The zero-order valence-corrected chi connectivity index (χ0v) is 11.6. The number of rotatable bonds is 4. The van der Waals surface area contributed by atoms with Crippen molar-refractivity contribution in [3.05, 3.63) is 23.9 Å². The number of thioether (sulfide) groups is 1. The summed E-state index contributed by atoms with van der Waals surface area (Å²) in [5, 5.41) is 3.03. The van der Waals surface area contributed by atoms with Gasteiger partial charge in [-0.2, -0.15) is 0 Å². The number of carbonyl (C=O) groups is 3. The van der Waals surface area contributed by atoms with Crippen LogP contribution in [-0.4, -0.2) is 53.7 Å². The van der Waals surface area contributed by atoms with E-state index in [0.717, 1.165) is 4.90 Å². The molecule has 20 heavy (non-hydrogen) atoms. The molecule has 1 aliphatic rings. The highest BCUT2D eigenvalue weighted by molar-refractivity contribution is 7.98. The monoisotopic (exact) mass is 295 g/mol. The van der Waals surface area contributed by atoms with Crippen molar-refractivity contribution in [1.29, 1.82) is 0 Å². The minimum absolute atomic E-state index is 0.290. The number of imide groups is 1. The number of nitrogens with zero attached hydrogens (tertiary/aromatic N) is 2. The van der Waals surface area contributed by atoms with Crippen molar-refractivity contribution in [2.45, 2.75) is 5.03 Å². The molecule has 0 aromatic carbocycles. The summed E-state index contributed by atoms with van der Waals surface area (Å²) < 4.78 is 4.93. The van der Waals surface area contributed by atoms with Crippen LogP contribution in [0.2, 0.25) is 0 Å². The molecule has 7 nitrogen and oxygen atoms in total. The van der Waals surface area contributed by atoms with E-state index in [1.165, 1.54) is 11.8 Å². The number of hydrogen-bond donors (Lipinski definition) is 1. The van der Waals surface area contributed by atoms with Crippen molar-refractivity contribution in [3.63, 3.8) is 0 Å². The molecule has 106 valence electrons. The van der Waals surface area contributed by atoms with E-state index in [9.17, 15) is 14.4 Å². The molecule has 0 spiro atoms. The van der Waals surface area contributed by atoms with Gasteiger partial charge in [-0.25, -0.2) is 14.6 Å². The molecule has 8 heteroatoms. The number of aromatic nitrogens is 1. The van der Waals surface area contributed by atoms with Crippen LogP contribution in [0.1, 0.15) is 10.4 Å². The Morgan fingerprint density at radius 1 is 1.55 bits per heavy atom. The average Bonchev–Trinajstić information content (AvgIpc) is 2.90. The Kier molecular flexibility index (Phi) is 4.57. The highest BCUT2D eigenvalue weighted by atomic mass is 32.2. The van der Waals surface area contributed by atoms with Crippen molar-refractivity contribution < 1.29 is 19.1 Å². The van der Waals surface area contributed by atoms with Crippen LogP contribution in [0.25, 0.3) is 0 Å². The predicted octanol–water partition coefficient (Wildman–Crippen LogP) is 0.512. The number of pyridine rings is 1. The lowest BCUT2D eigenvalue weighted by molar-refractivity contribution is -0.130. The molecule has 0 aliphatic carbocycles. The average molecular weight is 295 g/mol. The maximum atomic E-state index is 11.9. The first-order valence-electron chi connectivity index (χ1n) is 5.88. The molecule has 1 saturated heterocycles. The fourth-order valence-electron chi connectivity index (χ4n) is 1.70. The van der Waals surface area contributed by atoms with E-state index in [1.807, 2.05) is 0 Å². The number of urea groups is 1. The number of ether oxygens (including phenoxy) is 1. The Hall–Kier alpha value is -2.09. The summed E-state index contributed by atoms with van der Waals surface area (Å²) in [5.74, 6) is -1.17. The van der Waals surface area contributed by atoms with Crippen LogP contribution in [0, 0.1) is 0 Å². The third-order valence-electron chi connectivity index (χ3n) is 2.67. The van der Waals surface area contributed by atoms with E-state index in [4.69, 9.17) is 4.74 Å². The number of hydrogen-bond acceptors (Lipinski definition) is 6. The summed E-state index contributed by atoms with van der Waals surface area (Å²) in [6.07, 6.45) is 3.36. The fraction of sp³-hybridized carbons (Fsp3) is 0.333. The van der Waals surface area contributed by atoms with Gasteiger partial charge in [0.2, 0.25) is 0 Å². The zero-order valence-electron chi connectivity index (χ0n) is 10.8. The molecule has 1 N–H and O–H groups in total. The molecule has 1 aliphatic heterocycles. The normalized spacial score (nSPS) is 14.1. The third kappa shape index (κ3) is 3.08. The van der Waals surface area contributed by atoms with Crippen LogP contribution in [0.15, 0.2) is 23.4 Å². The van der Waals surface area contributed by atoms with Gasteiger partial charge in [0.1, 0.15) is 5.03 Å². The summed E-state index contributed by atoms with van der Waals surface area (Å²) in [7, 11) is 0. The molecule has 3 amide bonds. The Bertz CT molecular complexity index is 549. The number of esters is 1. The second-order valence-electron chi connectivity index (χ2n) is 3.91. The third-order valence-corrected chi connectivity index (χ3v) is 3.38. The van der Waals surface area contributed by atoms with E-state index < -0.39 is 24.5 Å². The minimum Gasteiger partial charge on any atom is -0.452 e.